The van der Waals surface area contributed by atoms with Crippen LogP contribution in [0.15, 0.2) is 18.7 Å². The molecule has 0 atom stereocenters. The Morgan fingerprint density at radius 3 is 2.87 bits per heavy atom. The highest BCUT2D eigenvalue weighted by Crippen LogP contribution is 2.07. The Labute approximate surface area is 84.2 Å². The molecule has 0 amide bonds. The molecule has 15 heavy (non-hydrogen) atoms. The number of imidazole rings is 1. The molecule has 0 saturated carbocycles. The molecule has 0 aromatic carbocycles. The van der Waals surface area contributed by atoms with Crippen molar-refractivity contribution in [2.75, 3.05) is 0 Å². The Morgan fingerprint density at radius 1 is 1.20 bits per heavy atom. The van der Waals surface area contributed by atoms with Gasteiger partial charge in [-0.05, 0) is 6.92 Å². The Morgan fingerprint density at radius 2 is 2.07 bits per heavy atom. The second kappa shape index (κ2) is 2.84. The predicted molar refractivity (Wildman–Crippen MR) is 51.3 cm³/mol. The number of aromatic amines is 1. The fourth-order valence-electron chi connectivity index (χ4n) is 1.31. The smallest absolute Gasteiger partial charge is 0.222 e. The van der Waals surface area contributed by atoms with E-state index in [2.05, 4.69) is 30.4 Å². The van der Waals surface area contributed by atoms with E-state index in [1.165, 1.54) is 0 Å². The standard InChI is InChI=1S/C8H7N7/c1-5-3-15(4-10-5)6-2-9-7-8(11-6)13-14-12-7/h2-4H,1H3,(H,9,11,12,13,14). The summed E-state index contributed by atoms with van der Waals surface area (Å²) in [6.45, 7) is 1.92. The molecule has 0 aliphatic carbocycles. The minimum absolute atomic E-state index is 0.499. The van der Waals surface area contributed by atoms with Crippen molar-refractivity contribution in [3.8, 4) is 5.82 Å². The average molecular weight is 201 g/mol. The average Bonchev–Trinajstić information content (AvgIpc) is 2.84. The maximum atomic E-state index is 4.27. The second-order valence-corrected chi connectivity index (χ2v) is 3.12. The van der Waals surface area contributed by atoms with E-state index < -0.39 is 0 Å². The molecule has 0 aliphatic heterocycles. The Kier molecular flexibility index (Phi) is 1.52. The minimum Gasteiger partial charge on any atom is -0.289 e. The lowest BCUT2D eigenvalue weighted by Crippen LogP contribution is -1.96. The predicted octanol–water partition coefficient (Wildman–Crippen LogP) is 0.242. The Balaban J connectivity index is 2.18. The summed E-state index contributed by atoms with van der Waals surface area (Å²) in [5.41, 5.74) is 1.94. The maximum absolute atomic E-state index is 4.27. The Hall–Kier alpha value is -2.31. The SMILES string of the molecule is Cc1cn(-c2cnc3n[nH]nc3n2)cn1. The normalized spacial score (nSPS) is 11.0. The zero-order valence-electron chi connectivity index (χ0n) is 7.92. The molecule has 0 bridgehead atoms. The lowest BCUT2D eigenvalue weighted by Gasteiger charge is -1.97. The summed E-state index contributed by atoms with van der Waals surface area (Å²) in [6, 6.07) is 0. The van der Waals surface area contributed by atoms with Crippen LogP contribution in [0.5, 0.6) is 0 Å². The van der Waals surface area contributed by atoms with E-state index in [1.54, 1.807) is 17.1 Å². The van der Waals surface area contributed by atoms with Crippen LogP contribution in [0.2, 0.25) is 0 Å². The summed E-state index contributed by atoms with van der Waals surface area (Å²) in [5, 5.41) is 10.2. The van der Waals surface area contributed by atoms with E-state index in [-0.39, 0.29) is 0 Å². The molecule has 0 spiro atoms. The fourth-order valence-corrected chi connectivity index (χ4v) is 1.31. The first-order valence-corrected chi connectivity index (χ1v) is 4.37. The summed E-state index contributed by atoms with van der Waals surface area (Å²) >= 11 is 0. The van der Waals surface area contributed by atoms with Gasteiger partial charge in [0.2, 0.25) is 11.3 Å². The molecule has 0 unspecified atom stereocenters. The number of rotatable bonds is 1. The van der Waals surface area contributed by atoms with E-state index in [9.17, 15) is 0 Å². The molecule has 0 radical (unpaired) electrons. The van der Waals surface area contributed by atoms with Crippen LogP contribution in [0.1, 0.15) is 5.69 Å². The van der Waals surface area contributed by atoms with E-state index >= 15 is 0 Å². The van der Waals surface area contributed by atoms with Crippen molar-refractivity contribution in [2.24, 2.45) is 0 Å². The number of nitrogens with one attached hydrogen (secondary N) is 1. The van der Waals surface area contributed by atoms with Crippen LogP contribution in [-0.4, -0.2) is 34.9 Å². The van der Waals surface area contributed by atoms with Gasteiger partial charge in [-0.1, -0.05) is 0 Å². The first kappa shape index (κ1) is 8.04. The molecule has 74 valence electrons. The van der Waals surface area contributed by atoms with Crippen molar-refractivity contribution < 1.29 is 0 Å². The fraction of sp³-hybridized carbons (Fsp3) is 0.125. The number of H-pyrrole nitrogens is 1. The molecule has 7 nitrogen and oxygen atoms in total. The quantitative estimate of drug-likeness (QED) is 0.609. The molecule has 3 rings (SSSR count). The lowest BCUT2D eigenvalue weighted by molar-refractivity contribution is 0.948. The van der Waals surface area contributed by atoms with Crippen molar-refractivity contribution in [2.45, 2.75) is 6.92 Å². The van der Waals surface area contributed by atoms with E-state index in [4.69, 9.17) is 0 Å². The molecular weight excluding hydrogens is 194 g/mol. The van der Waals surface area contributed by atoms with Crippen molar-refractivity contribution >= 4 is 11.3 Å². The summed E-state index contributed by atoms with van der Waals surface area (Å²) in [4.78, 5) is 12.5. The van der Waals surface area contributed by atoms with E-state index in [0.29, 0.717) is 17.1 Å². The van der Waals surface area contributed by atoms with Crippen molar-refractivity contribution in [3.63, 3.8) is 0 Å². The van der Waals surface area contributed by atoms with Gasteiger partial charge in [-0.25, -0.2) is 15.0 Å². The van der Waals surface area contributed by atoms with Crippen LogP contribution in [-0.2, 0) is 0 Å². The first-order chi connectivity index (χ1) is 7.33. The van der Waals surface area contributed by atoms with Crippen LogP contribution >= 0.6 is 0 Å². The number of hydrogen-bond donors (Lipinski definition) is 1. The van der Waals surface area contributed by atoms with Gasteiger partial charge in [0.25, 0.3) is 0 Å². The third kappa shape index (κ3) is 1.25. The maximum Gasteiger partial charge on any atom is 0.222 e. The molecule has 0 aliphatic rings. The summed E-state index contributed by atoms with van der Waals surface area (Å²) in [7, 11) is 0. The highest BCUT2D eigenvalue weighted by Gasteiger charge is 2.04. The topological polar surface area (TPSA) is 85.2 Å². The van der Waals surface area contributed by atoms with E-state index in [1.807, 2.05) is 13.1 Å². The van der Waals surface area contributed by atoms with Gasteiger partial charge in [0.1, 0.15) is 6.33 Å². The van der Waals surface area contributed by atoms with Gasteiger partial charge in [-0.2, -0.15) is 5.21 Å². The third-order valence-corrected chi connectivity index (χ3v) is 2.01. The number of aryl methyl sites for hydroxylation is 1. The van der Waals surface area contributed by atoms with Gasteiger partial charge < -0.3 is 0 Å². The second-order valence-electron chi connectivity index (χ2n) is 3.12. The van der Waals surface area contributed by atoms with Gasteiger partial charge in [0.15, 0.2) is 5.82 Å². The van der Waals surface area contributed by atoms with Crippen molar-refractivity contribution in [1.82, 2.24) is 34.9 Å². The van der Waals surface area contributed by atoms with Gasteiger partial charge >= 0.3 is 0 Å². The minimum atomic E-state index is 0.499. The molecule has 0 saturated heterocycles. The number of fused-ring (bicyclic) bond motifs is 1. The third-order valence-electron chi connectivity index (χ3n) is 2.01. The lowest BCUT2D eigenvalue weighted by atomic mass is 10.5. The molecule has 3 heterocycles. The molecular formula is C8H7N7. The Bertz CT molecular complexity index is 608. The van der Waals surface area contributed by atoms with Crippen LogP contribution in [0.25, 0.3) is 17.1 Å². The highest BCUT2D eigenvalue weighted by atomic mass is 15.4. The zero-order chi connectivity index (χ0) is 10.3. The van der Waals surface area contributed by atoms with Gasteiger partial charge in [0, 0.05) is 6.20 Å². The number of aromatic nitrogens is 7. The molecule has 3 aromatic heterocycles. The van der Waals surface area contributed by atoms with Crippen LogP contribution in [0.4, 0.5) is 0 Å². The van der Waals surface area contributed by atoms with Crippen LogP contribution < -0.4 is 0 Å². The van der Waals surface area contributed by atoms with Gasteiger partial charge in [-0.15, -0.1) is 10.2 Å². The highest BCUT2D eigenvalue weighted by molar-refractivity contribution is 5.63. The van der Waals surface area contributed by atoms with Crippen LogP contribution in [0.3, 0.4) is 0 Å². The summed E-state index contributed by atoms with van der Waals surface area (Å²) < 4.78 is 1.79. The monoisotopic (exact) mass is 201 g/mol. The number of hydrogen-bond acceptors (Lipinski definition) is 5. The molecule has 7 heteroatoms. The molecule has 3 aromatic rings. The molecule has 0 fully saturated rings. The largest absolute Gasteiger partial charge is 0.289 e. The molecule has 1 N–H and O–H groups in total. The number of nitrogens with zero attached hydrogens (tertiary/aromatic N) is 6. The van der Waals surface area contributed by atoms with Crippen molar-refractivity contribution in [1.29, 1.82) is 0 Å². The first-order valence-electron chi connectivity index (χ1n) is 4.37. The van der Waals surface area contributed by atoms with E-state index in [0.717, 1.165) is 5.69 Å². The van der Waals surface area contributed by atoms with Crippen molar-refractivity contribution in [3.05, 3.63) is 24.4 Å². The van der Waals surface area contributed by atoms with Gasteiger partial charge in [-0.3, -0.25) is 4.57 Å². The van der Waals surface area contributed by atoms with Gasteiger partial charge in [0.05, 0.1) is 11.9 Å². The zero-order valence-corrected chi connectivity index (χ0v) is 7.92. The van der Waals surface area contributed by atoms with Crippen LogP contribution in [0, 0.1) is 6.92 Å². The summed E-state index contributed by atoms with van der Waals surface area (Å²) in [6.07, 6.45) is 5.19. The summed E-state index contributed by atoms with van der Waals surface area (Å²) in [5.74, 6) is 0.678.